The molecule has 0 amide bonds. The molecule has 2 N–H and O–H groups in total. The van der Waals surface area contributed by atoms with Crippen molar-refractivity contribution in [3.05, 3.63) is 84.4 Å². The smallest absolute Gasteiger partial charge is 0.203 e. The molecule has 0 bridgehead atoms. The quantitative estimate of drug-likeness (QED) is 0.463. The number of benzene rings is 3. The third-order valence-corrected chi connectivity index (χ3v) is 4.31. The van der Waals surface area contributed by atoms with Crippen molar-refractivity contribution in [1.82, 2.24) is 0 Å². The Morgan fingerprint density at radius 1 is 0.885 bits per heavy atom. The van der Waals surface area contributed by atoms with E-state index in [1.165, 1.54) is 0 Å². The summed E-state index contributed by atoms with van der Waals surface area (Å²) in [5.74, 6) is 0.537. The molecule has 0 heterocycles. The summed E-state index contributed by atoms with van der Waals surface area (Å²) >= 11 is 0. The van der Waals surface area contributed by atoms with Gasteiger partial charge in [-0.1, -0.05) is 80.1 Å². The lowest BCUT2D eigenvalue weighted by Crippen LogP contribution is -2.27. The third-order valence-electron chi connectivity index (χ3n) is 4.31. The Labute approximate surface area is 154 Å². The number of nitrogens with two attached hydrogens (primary N) is 1. The molecule has 3 heteroatoms. The van der Waals surface area contributed by atoms with Crippen LogP contribution in [-0.4, -0.2) is 11.9 Å². The molecule has 0 aliphatic carbocycles. The summed E-state index contributed by atoms with van der Waals surface area (Å²) in [6, 6.07) is 25.1. The molecule has 26 heavy (non-hydrogen) atoms. The minimum Gasteiger partial charge on any atom is -0.480 e. The van der Waals surface area contributed by atoms with Crippen molar-refractivity contribution >= 4 is 11.5 Å². The van der Waals surface area contributed by atoms with E-state index < -0.39 is 6.10 Å². The fourth-order valence-electron chi connectivity index (χ4n) is 2.89. The van der Waals surface area contributed by atoms with Gasteiger partial charge in [-0.05, 0) is 29.7 Å². The van der Waals surface area contributed by atoms with E-state index in [0.717, 1.165) is 17.5 Å². The number of carbonyl (C=O) groups is 1. The van der Waals surface area contributed by atoms with Crippen LogP contribution in [0.4, 0.5) is 5.69 Å². The number of hydrogen-bond donors (Lipinski definition) is 1. The number of rotatable bonds is 7. The number of nitrogen functional groups attached to an aromatic ring is 1. The highest BCUT2D eigenvalue weighted by atomic mass is 16.5. The number of hydrogen-bond acceptors (Lipinski definition) is 3. The maximum absolute atomic E-state index is 12.9. The molecule has 1 atom stereocenters. The van der Waals surface area contributed by atoms with Gasteiger partial charge in [-0.3, -0.25) is 4.79 Å². The van der Waals surface area contributed by atoms with Gasteiger partial charge in [0.2, 0.25) is 5.78 Å². The van der Waals surface area contributed by atoms with Gasteiger partial charge in [0.1, 0.15) is 5.75 Å². The second-order valence-electron chi connectivity index (χ2n) is 6.24. The molecule has 3 aromatic carbocycles. The van der Waals surface area contributed by atoms with Crippen LogP contribution in [0.15, 0.2) is 78.9 Å². The lowest BCUT2D eigenvalue weighted by molar-refractivity contribution is 0.0779. The highest BCUT2D eigenvalue weighted by molar-refractivity contribution is 6.00. The standard InChI is InChI=1S/C23H23NO2/c1-2-8-22(26-21-12-7-6-11-20(21)24)23(25)19-15-13-18(14-16-19)17-9-4-3-5-10-17/h3-7,9-16,22H,2,8,24H2,1H3. The van der Waals surface area contributed by atoms with E-state index in [4.69, 9.17) is 10.5 Å². The first-order valence-corrected chi connectivity index (χ1v) is 8.90. The molecule has 0 aromatic heterocycles. The van der Waals surface area contributed by atoms with Gasteiger partial charge >= 0.3 is 0 Å². The van der Waals surface area contributed by atoms with Crippen LogP contribution >= 0.6 is 0 Å². The van der Waals surface area contributed by atoms with E-state index >= 15 is 0 Å². The molecule has 3 rings (SSSR count). The Hall–Kier alpha value is -3.07. The zero-order valence-corrected chi connectivity index (χ0v) is 14.9. The number of carbonyl (C=O) groups excluding carboxylic acids is 1. The highest BCUT2D eigenvalue weighted by Crippen LogP contribution is 2.25. The van der Waals surface area contributed by atoms with E-state index in [1.807, 2.05) is 61.5 Å². The van der Waals surface area contributed by atoms with Gasteiger partial charge in [0.25, 0.3) is 0 Å². The van der Waals surface area contributed by atoms with Crippen LogP contribution in [0.25, 0.3) is 11.1 Å². The molecule has 3 aromatic rings. The predicted molar refractivity (Wildman–Crippen MR) is 106 cm³/mol. The van der Waals surface area contributed by atoms with Crippen molar-refractivity contribution in [2.75, 3.05) is 5.73 Å². The summed E-state index contributed by atoms with van der Waals surface area (Å²) in [6.45, 7) is 2.04. The molecule has 0 aliphatic rings. The summed E-state index contributed by atoms with van der Waals surface area (Å²) in [6.07, 6.45) is 0.964. The fourth-order valence-corrected chi connectivity index (χ4v) is 2.89. The first kappa shape index (κ1) is 17.7. The van der Waals surface area contributed by atoms with Gasteiger partial charge in [-0.2, -0.15) is 0 Å². The molecule has 0 fully saturated rings. The van der Waals surface area contributed by atoms with Gasteiger partial charge < -0.3 is 10.5 Å². The van der Waals surface area contributed by atoms with Crippen molar-refractivity contribution in [2.45, 2.75) is 25.9 Å². The second-order valence-corrected chi connectivity index (χ2v) is 6.24. The van der Waals surface area contributed by atoms with E-state index in [1.54, 1.807) is 12.1 Å². The molecule has 3 nitrogen and oxygen atoms in total. The lowest BCUT2D eigenvalue weighted by atomic mass is 9.99. The monoisotopic (exact) mass is 345 g/mol. The van der Waals surface area contributed by atoms with Crippen LogP contribution in [0.2, 0.25) is 0 Å². The largest absolute Gasteiger partial charge is 0.480 e. The van der Waals surface area contributed by atoms with E-state index in [9.17, 15) is 4.79 Å². The molecule has 0 radical (unpaired) electrons. The zero-order chi connectivity index (χ0) is 18.4. The van der Waals surface area contributed by atoms with Crippen molar-refractivity contribution in [2.24, 2.45) is 0 Å². The second kappa shape index (κ2) is 8.34. The number of ether oxygens (including phenoxy) is 1. The van der Waals surface area contributed by atoms with Gasteiger partial charge in [-0.15, -0.1) is 0 Å². The maximum atomic E-state index is 12.9. The van der Waals surface area contributed by atoms with Gasteiger partial charge in [-0.25, -0.2) is 0 Å². The summed E-state index contributed by atoms with van der Waals surface area (Å²) in [7, 11) is 0. The van der Waals surface area contributed by atoms with E-state index in [-0.39, 0.29) is 5.78 Å². The summed E-state index contributed by atoms with van der Waals surface area (Å²) in [5, 5.41) is 0. The number of Topliss-reactive ketones (excluding diaryl/α,β-unsaturated/α-hetero) is 1. The van der Waals surface area contributed by atoms with Gasteiger partial charge in [0.05, 0.1) is 5.69 Å². The topological polar surface area (TPSA) is 52.3 Å². The number of ketones is 1. The molecular weight excluding hydrogens is 322 g/mol. The first-order chi connectivity index (χ1) is 12.7. The van der Waals surface area contributed by atoms with E-state index in [2.05, 4.69) is 12.1 Å². The van der Waals surface area contributed by atoms with Crippen LogP contribution in [-0.2, 0) is 0 Å². The van der Waals surface area contributed by atoms with Crippen LogP contribution in [0.3, 0.4) is 0 Å². The van der Waals surface area contributed by atoms with Crippen LogP contribution in [0.1, 0.15) is 30.1 Å². The van der Waals surface area contributed by atoms with Gasteiger partial charge in [0, 0.05) is 5.56 Å². The average Bonchev–Trinajstić information content (AvgIpc) is 2.69. The third kappa shape index (κ3) is 4.12. The summed E-state index contributed by atoms with van der Waals surface area (Å²) in [5.41, 5.74) is 9.36. The highest BCUT2D eigenvalue weighted by Gasteiger charge is 2.22. The molecule has 0 saturated heterocycles. The Morgan fingerprint density at radius 2 is 1.50 bits per heavy atom. The van der Waals surface area contributed by atoms with Crippen molar-refractivity contribution in [3.8, 4) is 16.9 Å². The molecule has 0 spiro atoms. The number of anilines is 1. The zero-order valence-electron chi connectivity index (χ0n) is 14.9. The fraction of sp³-hybridized carbons (Fsp3) is 0.174. The van der Waals surface area contributed by atoms with Crippen molar-refractivity contribution < 1.29 is 9.53 Å². The average molecular weight is 345 g/mol. The Kier molecular flexibility index (Phi) is 5.69. The minimum absolute atomic E-state index is 0.0188. The van der Waals surface area contributed by atoms with Crippen LogP contribution in [0.5, 0.6) is 5.75 Å². The van der Waals surface area contributed by atoms with Gasteiger partial charge in [0.15, 0.2) is 6.10 Å². The first-order valence-electron chi connectivity index (χ1n) is 8.90. The minimum atomic E-state index is -0.535. The predicted octanol–water partition coefficient (Wildman–Crippen LogP) is 5.37. The van der Waals surface area contributed by atoms with E-state index in [0.29, 0.717) is 23.4 Å². The van der Waals surface area contributed by atoms with Crippen LogP contribution in [0, 0.1) is 0 Å². The van der Waals surface area contributed by atoms with Crippen molar-refractivity contribution in [3.63, 3.8) is 0 Å². The van der Waals surface area contributed by atoms with Crippen molar-refractivity contribution in [1.29, 1.82) is 0 Å². The molecule has 1 unspecified atom stereocenters. The normalized spacial score (nSPS) is 11.7. The van der Waals surface area contributed by atoms with Crippen LogP contribution < -0.4 is 10.5 Å². The molecular formula is C23H23NO2. The Morgan fingerprint density at radius 3 is 2.15 bits per heavy atom. The Balaban J connectivity index is 1.80. The summed E-state index contributed by atoms with van der Waals surface area (Å²) < 4.78 is 5.94. The Bertz CT molecular complexity index is 857. The lowest BCUT2D eigenvalue weighted by Gasteiger charge is -2.19. The molecule has 0 aliphatic heterocycles. The maximum Gasteiger partial charge on any atom is 0.203 e. The SMILES string of the molecule is CCCC(Oc1ccccc1N)C(=O)c1ccc(-c2ccccc2)cc1. The molecule has 0 saturated carbocycles. The number of para-hydroxylation sites is 2. The molecule has 132 valence electrons. The summed E-state index contributed by atoms with van der Waals surface area (Å²) in [4.78, 5) is 12.9.